The van der Waals surface area contributed by atoms with Crippen LogP contribution in [0.15, 0.2) is 188 Å². The van der Waals surface area contributed by atoms with E-state index in [9.17, 15) is 0 Å². The Kier molecular flexibility index (Phi) is 17.2. The summed E-state index contributed by atoms with van der Waals surface area (Å²) < 4.78 is 0. The third-order valence-electron chi connectivity index (χ3n) is 12.3. The summed E-state index contributed by atoms with van der Waals surface area (Å²) in [6.45, 7) is 9.09. The number of nitrogens with two attached hydrogens (primary N) is 1. The molecule has 6 heterocycles. The molecule has 5 N–H and O–H groups in total. The van der Waals surface area contributed by atoms with Crippen LogP contribution in [0.4, 0.5) is 17.5 Å². The minimum absolute atomic E-state index is 0.442. The first-order chi connectivity index (χ1) is 36.5. The number of rotatable bonds is 13. The molecule has 0 aliphatic heterocycles. The van der Waals surface area contributed by atoms with Gasteiger partial charge in [0.1, 0.15) is 32.9 Å². The van der Waals surface area contributed by atoms with Gasteiger partial charge in [-0.05, 0) is 99.5 Å². The Labute approximate surface area is 452 Å². The van der Waals surface area contributed by atoms with Crippen molar-refractivity contribution in [3.63, 3.8) is 0 Å². The summed E-state index contributed by atoms with van der Waals surface area (Å²) in [7, 11) is 0. The monoisotopic (exact) mass is 1040 g/mol. The molecule has 374 valence electrons. The number of nitrogens with one attached hydrogen (secondary N) is 3. The fourth-order valence-electron chi connectivity index (χ4n) is 8.11. The maximum atomic E-state index is 6.40. The highest BCUT2D eigenvalue weighted by atomic mass is 35.5. The van der Waals surface area contributed by atoms with Crippen molar-refractivity contribution in [1.29, 1.82) is 0 Å². The van der Waals surface area contributed by atoms with Crippen LogP contribution in [0.3, 0.4) is 0 Å². The maximum absolute atomic E-state index is 6.40. The molecular formula is C62H55Cl3N10. The summed E-state index contributed by atoms with van der Waals surface area (Å²) in [6, 6.07) is 62.8. The van der Waals surface area contributed by atoms with Gasteiger partial charge in [0.15, 0.2) is 0 Å². The zero-order valence-corrected chi connectivity index (χ0v) is 44.1. The summed E-state index contributed by atoms with van der Waals surface area (Å²) >= 11 is 18.5. The van der Waals surface area contributed by atoms with Crippen molar-refractivity contribution in [2.45, 2.75) is 40.3 Å². The fourth-order valence-corrected chi connectivity index (χ4v) is 8.77. The molecule has 13 heteroatoms. The van der Waals surface area contributed by atoms with Crippen LogP contribution in [-0.2, 0) is 13.1 Å². The lowest BCUT2D eigenvalue weighted by molar-refractivity contribution is 0.871. The summed E-state index contributed by atoms with van der Waals surface area (Å²) in [5.41, 5.74) is 19.9. The van der Waals surface area contributed by atoms with Gasteiger partial charge in [0, 0.05) is 52.5 Å². The van der Waals surface area contributed by atoms with E-state index in [4.69, 9.17) is 55.5 Å². The van der Waals surface area contributed by atoms with Crippen molar-refractivity contribution < 1.29 is 0 Å². The molecule has 75 heavy (non-hydrogen) atoms. The van der Waals surface area contributed by atoms with Gasteiger partial charge in [-0.3, -0.25) is 0 Å². The first kappa shape index (κ1) is 51.9. The SMILES string of the molecule is Cc1ccc(-c2cc3nc(Cl)ccc3c(Cl)n2)cc1.Cc1ccc(-c2cc3nc(NCc4ccccc4)ccc3c(Cl)n2)cc1.Cc1ccc(-c2cc3nc(NCc4ccccc4)ccc3c(NCCCN)n2)cc1. The van der Waals surface area contributed by atoms with E-state index in [1.807, 2.05) is 104 Å². The van der Waals surface area contributed by atoms with Gasteiger partial charge >= 0.3 is 0 Å². The van der Waals surface area contributed by atoms with Crippen molar-refractivity contribution in [2.24, 2.45) is 5.73 Å². The van der Waals surface area contributed by atoms with Crippen molar-refractivity contribution in [3.8, 4) is 33.8 Å². The van der Waals surface area contributed by atoms with Crippen LogP contribution in [0, 0.1) is 20.8 Å². The maximum Gasteiger partial charge on any atom is 0.139 e. The van der Waals surface area contributed by atoms with E-state index in [-0.39, 0.29) is 0 Å². The highest BCUT2D eigenvalue weighted by Crippen LogP contribution is 2.31. The van der Waals surface area contributed by atoms with Crippen molar-refractivity contribution in [1.82, 2.24) is 29.9 Å². The van der Waals surface area contributed by atoms with Gasteiger partial charge < -0.3 is 21.7 Å². The van der Waals surface area contributed by atoms with Crippen LogP contribution < -0.4 is 21.7 Å². The van der Waals surface area contributed by atoms with Crippen LogP contribution in [-0.4, -0.2) is 43.0 Å². The normalized spacial score (nSPS) is 10.9. The topological polar surface area (TPSA) is 139 Å². The van der Waals surface area contributed by atoms with E-state index in [2.05, 4.69) is 130 Å². The lowest BCUT2D eigenvalue weighted by Gasteiger charge is -2.13. The first-order valence-electron chi connectivity index (χ1n) is 24.7. The van der Waals surface area contributed by atoms with Crippen LogP contribution in [0.25, 0.3) is 66.5 Å². The van der Waals surface area contributed by atoms with E-state index >= 15 is 0 Å². The van der Waals surface area contributed by atoms with E-state index < -0.39 is 0 Å². The molecule has 0 amide bonds. The summed E-state index contributed by atoms with van der Waals surface area (Å²) in [6.07, 6.45) is 0.891. The number of halogens is 3. The third-order valence-corrected chi connectivity index (χ3v) is 13.1. The van der Waals surface area contributed by atoms with E-state index in [1.165, 1.54) is 27.8 Å². The van der Waals surface area contributed by atoms with Crippen LogP contribution in [0.2, 0.25) is 15.5 Å². The smallest absolute Gasteiger partial charge is 0.139 e. The lowest BCUT2D eigenvalue weighted by atomic mass is 10.1. The Morgan fingerprint density at radius 1 is 0.400 bits per heavy atom. The predicted octanol–water partition coefficient (Wildman–Crippen LogP) is 15.8. The van der Waals surface area contributed by atoms with Crippen molar-refractivity contribution >= 4 is 85.0 Å². The molecule has 11 aromatic rings. The van der Waals surface area contributed by atoms with E-state index in [0.29, 0.717) is 22.0 Å². The first-order valence-corrected chi connectivity index (χ1v) is 25.8. The van der Waals surface area contributed by atoms with Gasteiger partial charge in [-0.2, -0.15) is 0 Å². The van der Waals surface area contributed by atoms with Gasteiger partial charge in [0.25, 0.3) is 0 Å². The Morgan fingerprint density at radius 3 is 1.25 bits per heavy atom. The summed E-state index contributed by atoms with van der Waals surface area (Å²) in [4.78, 5) is 27.7. The standard InChI is InChI=1S/C25H27N5.C22H18ClN3.C15H10Cl2N2/c1-18-8-10-20(11-9-18)22-16-23-21(25(30-22)27-15-5-14-26)12-13-24(29-23)28-17-19-6-3-2-4-7-19;1-15-7-9-17(10-8-15)19-13-20-18(22(23)26-19)11-12-21(25-20)24-14-16-5-3-2-4-6-16;1-9-2-4-10(5-3-9)12-8-13-11(15(17)19-12)6-7-14(16)18-13/h2-4,6-13,16H,5,14-15,17,26H2,1H3,(H,27,30)(H,28,29);2-13H,14H2,1H3,(H,24,25);2-8H,1H3. The molecule has 0 aliphatic rings. The molecule has 0 radical (unpaired) electrons. The molecule has 0 saturated heterocycles. The van der Waals surface area contributed by atoms with Crippen LogP contribution >= 0.6 is 34.8 Å². The quantitative estimate of drug-likeness (QED) is 0.0652. The van der Waals surface area contributed by atoms with Gasteiger partial charge in [0.2, 0.25) is 0 Å². The van der Waals surface area contributed by atoms with E-state index in [0.717, 1.165) is 110 Å². The number of aromatic nitrogens is 6. The minimum Gasteiger partial charge on any atom is -0.369 e. The largest absolute Gasteiger partial charge is 0.369 e. The zero-order chi connectivity index (χ0) is 52.1. The average molecular weight is 1050 g/mol. The number of anilines is 3. The Bertz CT molecular complexity index is 3680. The molecule has 0 fully saturated rings. The molecule has 11 rings (SSSR count). The number of fused-ring (bicyclic) bond motifs is 3. The number of benzene rings is 5. The van der Waals surface area contributed by atoms with E-state index in [1.54, 1.807) is 6.07 Å². The average Bonchev–Trinajstić information content (AvgIpc) is 3.43. The molecule has 0 aliphatic carbocycles. The van der Waals surface area contributed by atoms with Crippen LogP contribution in [0.1, 0.15) is 34.2 Å². The highest BCUT2D eigenvalue weighted by molar-refractivity contribution is 6.35. The number of pyridine rings is 6. The molecule has 6 aromatic heterocycles. The van der Waals surface area contributed by atoms with Crippen LogP contribution in [0.5, 0.6) is 0 Å². The molecule has 0 spiro atoms. The lowest BCUT2D eigenvalue weighted by Crippen LogP contribution is -2.10. The Morgan fingerprint density at radius 2 is 0.800 bits per heavy atom. The molecule has 0 atom stereocenters. The van der Waals surface area contributed by atoms with Crippen molar-refractivity contribution in [3.05, 3.63) is 231 Å². The summed E-state index contributed by atoms with van der Waals surface area (Å²) in [5.74, 6) is 2.51. The molecule has 5 aromatic carbocycles. The highest BCUT2D eigenvalue weighted by Gasteiger charge is 2.12. The minimum atomic E-state index is 0.442. The molecule has 10 nitrogen and oxygen atoms in total. The van der Waals surface area contributed by atoms with Gasteiger partial charge in [-0.15, -0.1) is 0 Å². The Balaban J connectivity index is 0.000000141. The zero-order valence-electron chi connectivity index (χ0n) is 41.8. The third kappa shape index (κ3) is 13.8. The molecule has 0 saturated carbocycles. The second-order valence-electron chi connectivity index (χ2n) is 18.0. The van der Waals surface area contributed by atoms with Gasteiger partial charge in [-0.25, -0.2) is 29.9 Å². The second kappa shape index (κ2) is 24.8. The molecule has 0 unspecified atom stereocenters. The molecule has 0 bridgehead atoms. The number of aryl methyl sites for hydroxylation is 3. The fraction of sp³-hybridized carbons (Fsp3) is 0.129. The predicted molar refractivity (Wildman–Crippen MR) is 314 cm³/mol. The number of hydrogen-bond acceptors (Lipinski definition) is 10. The van der Waals surface area contributed by atoms with Gasteiger partial charge in [-0.1, -0.05) is 185 Å². The van der Waals surface area contributed by atoms with Crippen molar-refractivity contribution in [2.75, 3.05) is 29.0 Å². The van der Waals surface area contributed by atoms with Gasteiger partial charge in [0.05, 0.1) is 33.6 Å². The molecular weight excluding hydrogens is 991 g/mol. The summed E-state index contributed by atoms with van der Waals surface area (Å²) in [5, 5.41) is 14.3. The number of nitrogens with zero attached hydrogens (tertiary/aromatic N) is 6. The second-order valence-corrected chi connectivity index (χ2v) is 19.1. The Hall–Kier alpha value is -7.99. The number of hydrogen-bond donors (Lipinski definition) is 4.